The topological polar surface area (TPSA) is 38.0 Å². The lowest BCUT2D eigenvalue weighted by Crippen LogP contribution is -2.29. The van der Waals surface area contributed by atoms with Gasteiger partial charge >= 0.3 is 0 Å². The third-order valence-corrected chi connectivity index (χ3v) is 4.51. The Balaban J connectivity index is 2.16. The van der Waals surface area contributed by atoms with E-state index in [2.05, 4.69) is 25.8 Å². The van der Waals surface area contributed by atoms with Gasteiger partial charge in [0.15, 0.2) is 0 Å². The molecule has 0 radical (unpaired) electrons. The molecule has 18 heavy (non-hydrogen) atoms. The fraction of sp³-hybridized carbons (Fsp3) is 0.800. The number of aromatic nitrogens is 2. The van der Waals surface area contributed by atoms with Gasteiger partial charge in [-0.2, -0.15) is 0 Å². The predicted octanol–water partition coefficient (Wildman–Crippen LogP) is 3.23. The predicted molar refractivity (Wildman–Crippen MR) is 73.1 cm³/mol. The smallest absolute Gasteiger partial charge is 0.140 e. The zero-order valence-electron chi connectivity index (χ0n) is 12.1. The van der Waals surface area contributed by atoms with E-state index < -0.39 is 5.60 Å². The van der Waals surface area contributed by atoms with Gasteiger partial charge in [0.1, 0.15) is 11.4 Å². The highest BCUT2D eigenvalue weighted by Gasteiger charge is 2.38. The number of nitrogens with zero attached hydrogens (tertiary/aromatic N) is 2. The highest BCUT2D eigenvalue weighted by Crippen LogP contribution is 2.42. The molecule has 1 aromatic rings. The normalized spacial score (nSPS) is 30.2. The van der Waals surface area contributed by atoms with Crippen molar-refractivity contribution >= 4 is 0 Å². The fourth-order valence-electron chi connectivity index (χ4n) is 3.23. The second-order valence-electron chi connectivity index (χ2n) is 6.89. The lowest BCUT2D eigenvalue weighted by molar-refractivity contribution is 0.00681. The summed E-state index contributed by atoms with van der Waals surface area (Å²) in [6.07, 6.45) is 8.76. The Morgan fingerprint density at radius 3 is 2.61 bits per heavy atom. The maximum Gasteiger partial charge on any atom is 0.140 e. The van der Waals surface area contributed by atoms with E-state index >= 15 is 0 Å². The maximum atomic E-state index is 10.9. The van der Waals surface area contributed by atoms with E-state index in [1.54, 1.807) is 6.20 Å². The van der Waals surface area contributed by atoms with Crippen LogP contribution in [0.1, 0.15) is 58.7 Å². The standard InChI is InChI=1S/C15H26N2O/c1-14(2,3)12-6-5-8-15(18,9-7-12)13-16-10-11-17(13)4/h10-12,18H,5-9H2,1-4H3. The molecule has 1 aliphatic carbocycles. The van der Waals surface area contributed by atoms with E-state index in [4.69, 9.17) is 0 Å². The number of aryl methyl sites for hydroxylation is 1. The molecule has 0 spiro atoms. The summed E-state index contributed by atoms with van der Waals surface area (Å²) in [5, 5.41) is 10.9. The van der Waals surface area contributed by atoms with Crippen molar-refractivity contribution < 1.29 is 5.11 Å². The lowest BCUT2D eigenvalue weighted by Gasteiger charge is -2.30. The van der Waals surface area contributed by atoms with Crippen LogP contribution in [-0.4, -0.2) is 14.7 Å². The number of hydrogen-bond acceptors (Lipinski definition) is 2. The van der Waals surface area contributed by atoms with Gasteiger partial charge < -0.3 is 9.67 Å². The van der Waals surface area contributed by atoms with Gasteiger partial charge in [-0.25, -0.2) is 4.98 Å². The highest BCUT2D eigenvalue weighted by atomic mass is 16.3. The average Bonchev–Trinajstić information content (AvgIpc) is 2.57. The summed E-state index contributed by atoms with van der Waals surface area (Å²) in [7, 11) is 1.96. The first kappa shape index (κ1) is 13.6. The molecule has 0 aromatic carbocycles. The first-order valence-electron chi connectivity index (χ1n) is 7.03. The van der Waals surface area contributed by atoms with Gasteiger partial charge in [0, 0.05) is 19.4 Å². The van der Waals surface area contributed by atoms with Crippen LogP contribution in [0.15, 0.2) is 12.4 Å². The van der Waals surface area contributed by atoms with E-state index in [0.29, 0.717) is 11.3 Å². The van der Waals surface area contributed by atoms with Crippen molar-refractivity contribution in [3.63, 3.8) is 0 Å². The fourth-order valence-corrected chi connectivity index (χ4v) is 3.23. The molecular formula is C15H26N2O. The van der Waals surface area contributed by atoms with Crippen LogP contribution in [0.2, 0.25) is 0 Å². The summed E-state index contributed by atoms with van der Waals surface area (Å²) in [5.74, 6) is 1.53. The molecule has 0 aliphatic heterocycles. The molecule has 3 nitrogen and oxygen atoms in total. The molecular weight excluding hydrogens is 224 g/mol. The molecule has 1 heterocycles. The quantitative estimate of drug-likeness (QED) is 0.777. The van der Waals surface area contributed by atoms with E-state index in [9.17, 15) is 5.11 Å². The minimum atomic E-state index is -0.724. The molecule has 1 aliphatic rings. The Morgan fingerprint density at radius 2 is 2.06 bits per heavy atom. The first-order valence-corrected chi connectivity index (χ1v) is 7.03. The molecule has 1 saturated carbocycles. The van der Waals surface area contributed by atoms with Crippen molar-refractivity contribution in [3.05, 3.63) is 18.2 Å². The molecule has 2 unspecified atom stereocenters. The van der Waals surface area contributed by atoms with Gasteiger partial charge in [-0.15, -0.1) is 0 Å². The van der Waals surface area contributed by atoms with Crippen molar-refractivity contribution in [1.82, 2.24) is 9.55 Å². The average molecular weight is 250 g/mol. The SMILES string of the molecule is Cn1ccnc1C1(O)CCCC(C(C)(C)C)CC1. The second-order valence-corrected chi connectivity index (χ2v) is 6.89. The van der Waals surface area contributed by atoms with E-state index in [1.165, 1.54) is 6.42 Å². The zero-order valence-corrected chi connectivity index (χ0v) is 12.1. The summed E-state index contributed by atoms with van der Waals surface area (Å²) in [5.41, 5.74) is -0.384. The Morgan fingerprint density at radius 1 is 1.33 bits per heavy atom. The van der Waals surface area contributed by atoms with Crippen LogP contribution in [0.25, 0.3) is 0 Å². The molecule has 1 aromatic heterocycles. The highest BCUT2D eigenvalue weighted by molar-refractivity contribution is 5.05. The van der Waals surface area contributed by atoms with Crippen LogP contribution in [0.3, 0.4) is 0 Å². The molecule has 102 valence electrons. The number of aliphatic hydroxyl groups is 1. The van der Waals surface area contributed by atoms with Gasteiger partial charge in [0.05, 0.1) is 0 Å². The van der Waals surface area contributed by atoms with Crippen LogP contribution in [0.5, 0.6) is 0 Å². The molecule has 1 fully saturated rings. The number of rotatable bonds is 1. The second kappa shape index (κ2) is 4.69. The van der Waals surface area contributed by atoms with Crippen LogP contribution in [-0.2, 0) is 12.6 Å². The van der Waals surface area contributed by atoms with E-state index in [1.807, 2.05) is 17.8 Å². The molecule has 3 heteroatoms. The molecule has 1 N–H and O–H groups in total. The summed E-state index contributed by atoms with van der Waals surface area (Å²) < 4.78 is 1.96. The Hall–Kier alpha value is -0.830. The lowest BCUT2D eigenvalue weighted by atomic mass is 9.76. The Labute approximate surface area is 110 Å². The van der Waals surface area contributed by atoms with E-state index in [-0.39, 0.29) is 0 Å². The van der Waals surface area contributed by atoms with Gasteiger partial charge in [0.2, 0.25) is 0 Å². The molecule has 0 amide bonds. The van der Waals surface area contributed by atoms with Crippen molar-refractivity contribution in [2.45, 2.75) is 58.5 Å². The number of imidazole rings is 1. The summed E-state index contributed by atoms with van der Waals surface area (Å²) in [6.45, 7) is 6.93. The van der Waals surface area contributed by atoms with Crippen LogP contribution >= 0.6 is 0 Å². The third kappa shape index (κ3) is 2.61. The number of hydrogen-bond donors (Lipinski definition) is 1. The zero-order chi connectivity index (χ0) is 13.4. The Kier molecular flexibility index (Phi) is 3.54. The largest absolute Gasteiger partial charge is 0.382 e. The van der Waals surface area contributed by atoms with Crippen molar-refractivity contribution in [2.75, 3.05) is 0 Å². The minimum Gasteiger partial charge on any atom is -0.382 e. The van der Waals surface area contributed by atoms with Crippen LogP contribution in [0, 0.1) is 11.3 Å². The summed E-state index contributed by atoms with van der Waals surface area (Å²) in [4.78, 5) is 4.35. The molecule has 0 saturated heterocycles. The van der Waals surface area contributed by atoms with E-state index in [0.717, 1.165) is 31.5 Å². The van der Waals surface area contributed by atoms with Gasteiger partial charge in [-0.05, 0) is 43.4 Å². The summed E-state index contributed by atoms with van der Waals surface area (Å²) >= 11 is 0. The molecule has 2 rings (SSSR count). The van der Waals surface area contributed by atoms with Gasteiger partial charge in [0.25, 0.3) is 0 Å². The summed E-state index contributed by atoms with van der Waals surface area (Å²) in [6, 6.07) is 0. The molecule has 0 bridgehead atoms. The van der Waals surface area contributed by atoms with Gasteiger partial charge in [-0.3, -0.25) is 0 Å². The molecule has 2 atom stereocenters. The Bertz CT molecular complexity index is 405. The maximum absolute atomic E-state index is 10.9. The van der Waals surface area contributed by atoms with Crippen molar-refractivity contribution in [2.24, 2.45) is 18.4 Å². The van der Waals surface area contributed by atoms with Crippen molar-refractivity contribution in [1.29, 1.82) is 0 Å². The van der Waals surface area contributed by atoms with Gasteiger partial charge in [-0.1, -0.05) is 20.8 Å². The van der Waals surface area contributed by atoms with Crippen LogP contribution in [0.4, 0.5) is 0 Å². The minimum absolute atomic E-state index is 0.340. The van der Waals surface area contributed by atoms with Crippen molar-refractivity contribution in [3.8, 4) is 0 Å². The third-order valence-electron chi connectivity index (χ3n) is 4.51. The monoisotopic (exact) mass is 250 g/mol. The van der Waals surface area contributed by atoms with Crippen LogP contribution < -0.4 is 0 Å². The first-order chi connectivity index (χ1) is 8.33.